The Labute approximate surface area is 107 Å². The van der Waals surface area contributed by atoms with Crippen LogP contribution in [0.25, 0.3) is 10.8 Å². The third-order valence-corrected chi connectivity index (χ3v) is 3.68. The first-order valence-electron chi connectivity index (χ1n) is 6.19. The molecule has 0 fully saturated rings. The van der Waals surface area contributed by atoms with Crippen LogP contribution in [-0.4, -0.2) is 5.11 Å². The Morgan fingerprint density at radius 1 is 1.22 bits per heavy atom. The highest BCUT2D eigenvalue weighted by molar-refractivity contribution is 5.83. The van der Waals surface area contributed by atoms with Gasteiger partial charge in [0.1, 0.15) is 0 Å². The van der Waals surface area contributed by atoms with Crippen LogP contribution in [0, 0.1) is 16.7 Å². The highest BCUT2D eigenvalue weighted by Gasteiger charge is 2.32. The Hall–Kier alpha value is -1.85. The molecule has 0 aliphatic carbocycles. The maximum Gasteiger partial charge on any atom is 0.0973 e. The van der Waals surface area contributed by atoms with Gasteiger partial charge in [-0.15, -0.1) is 0 Å². The number of nitrogens with zero attached hydrogens (tertiary/aromatic N) is 1. The first-order chi connectivity index (χ1) is 8.60. The molecule has 2 rings (SSSR count). The summed E-state index contributed by atoms with van der Waals surface area (Å²) in [4.78, 5) is 0. The van der Waals surface area contributed by atoms with E-state index < -0.39 is 11.5 Å². The zero-order valence-electron chi connectivity index (χ0n) is 10.7. The first-order valence-corrected chi connectivity index (χ1v) is 6.19. The van der Waals surface area contributed by atoms with Crippen molar-refractivity contribution in [2.45, 2.75) is 26.4 Å². The van der Waals surface area contributed by atoms with Crippen molar-refractivity contribution in [1.82, 2.24) is 0 Å². The number of hydrogen-bond donors (Lipinski definition) is 1. The van der Waals surface area contributed by atoms with Crippen LogP contribution in [0.5, 0.6) is 0 Å². The van der Waals surface area contributed by atoms with E-state index in [4.69, 9.17) is 0 Å². The van der Waals surface area contributed by atoms with E-state index >= 15 is 0 Å². The molecule has 0 saturated carbocycles. The molecule has 0 amide bonds. The van der Waals surface area contributed by atoms with Crippen LogP contribution in [0.4, 0.5) is 0 Å². The summed E-state index contributed by atoms with van der Waals surface area (Å²) in [5.74, 6) is 0. The number of aliphatic hydroxyl groups excluding tert-OH is 1. The van der Waals surface area contributed by atoms with Crippen molar-refractivity contribution in [3.05, 3.63) is 48.0 Å². The second kappa shape index (κ2) is 4.80. The minimum atomic E-state index is -0.753. The van der Waals surface area contributed by atoms with Gasteiger partial charge in [-0.05, 0) is 35.7 Å². The van der Waals surface area contributed by atoms with Crippen molar-refractivity contribution in [2.24, 2.45) is 5.41 Å². The fourth-order valence-electron chi connectivity index (χ4n) is 2.08. The summed E-state index contributed by atoms with van der Waals surface area (Å²) in [6.45, 7) is 3.72. The average Bonchev–Trinajstić information content (AvgIpc) is 2.45. The van der Waals surface area contributed by atoms with E-state index in [2.05, 4.69) is 6.07 Å². The van der Waals surface area contributed by atoms with Gasteiger partial charge in [-0.3, -0.25) is 0 Å². The number of rotatable bonds is 3. The van der Waals surface area contributed by atoms with Crippen LogP contribution in [0.15, 0.2) is 42.5 Å². The molecule has 2 unspecified atom stereocenters. The number of nitriles is 1. The number of aliphatic hydroxyl groups is 1. The molecule has 0 spiro atoms. The Kier molecular flexibility index (Phi) is 3.36. The van der Waals surface area contributed by atoms with Crippen molar-refractivity contribution in [2.75, 3.05) is 0 Å². The summed E-state index contributed by atoms with van der Waals surface area (Å²) in [6.07, 6.45) is -0.130. The lowest BCUT2D eigenvalue weighted by Crippen LogP contribution is -2.22. The highest BCUT2D eigenvalue weighted by Crippen LogP contribution is 2.36. The summed E-state index contributed by atoms with van der Waals surface area (Å²) in [5, 5.41) is 21.8. The van der Waals surface area contributed by atoms with Gasteiger partial charge in [0.25, 0.3) is 0 Å². The zero-order chi connectivity index (χ0) is 13.2. The Bertz CT molecular complexity index is 599. The molecule has 0 aromatic heterocycles. The molecule has 0 heterocycles. The van der Waals surface area contributed by atoms with E-state index in [9.17, 15) is 10.4 Å². The molecule has 0 radical (unpaired) electrons. The third kappa shape index (κ3) is 2.10. The molecule has 0 bridgehead atoms. The minimum absolute atomic E-state index is 0.623. The van der Waals surface area contributed by atoms with Gasteiger partial charge in [0, 0.05) is 0 Å². The van der Waals surface area contributed by atoms with Gasteiger partial charge in [0.15, 0.2) is 0 Å². The Morgan fingerprint density at radius 3 is 2.50 bits per heavy atom. The summed E-state index contributed by atoms with van der Waals surface area (Å²) in [5.41, 5.74) is 0.0715. The third-order valence-electron chi connectivity index (χ3n) is 3.68. The first kappa shape index (κ1) is 12.6. The van der Waals surface area contributed by atoms with E-state index in [1.54, 1.807) is 6.92 Å². The molecular formula is C16H17NO. The number of fused-ring (bicyclic) bond motifs is 1. The smallest absolute Gasteiger partial charge is 0.0973 e. The highest BCUT2D eigenvalue weighted by atomic mass is 16.3. The van der Waals surface area contributed by atoms with Crippen molar-refractivity contribution >= 4 is 10.8 Å². The summed E-state index contributed by atoms with van der Waals surface area (Å²) in [6, 6.07) is 16.1. The molecular weight excluding hydrogens is 222 g/mol. The lowest BCUT2D eigenvalue weighted by atomic mass is 9.79. The maximum absolute atomic E-state index is 10.4. The summed E-state index contributed by atoms with van der Waals surface area (Å²) in [7, 11) is 0. The van der Waals surface area contributed by atoms with Crippen LogP contribution in [0.3, 0.4) is 0 Å². The van der Waals surface area contributed by atoms with Crippen molar-refractivity contribution in [1.29, 1.82) is 5.26 Å². The van der Waals surface area contributed by atoms with Crippen LogP contribution < -0.4 is 0 Å². The van der Waals surface area contributed by atoms with Gasteiger partial charge in [-0.2, -0.15) is 5.26 Å². The Morgan fingerprint density at radius 2 is 1.89 bits per heavy atom. The van der Waals surface area contributed by atoms with Crippen LogP contribution in [0.2, 0.25) is 0 Å². The van der Waals surface area contributed by atoms with Crippen LogP contribution >= 0.6 is 0 Å². The average molecular weight is 239 g/mol. The van der Waals surface area contributed by atoms with E-state index in [1.807, 2.05) is 49.4 Å². The lowest BCUT2D eigenvalue weighted by molar-refractivity contribution is 0.0723. The van der Waals surface area contributed by atoms with Gasteiger partial charge in [-0.1, -0.05) is 43.3 Å². The number of hydrogen-bond acceptors (Lipinski definition) is 2. The fourth-order valence-corrected chi connectivity index (χ4v) is 2.08. The molecule has 2 heteroatoms. The molecule has 18 heavy (non-hydrogen) atoms. The summed E-state index contributed by atoms with van der Waals surface area (Å²) >= 11 is 0. The molecule has 1 N–H and O–H groups in total. The summed E-state index contributed by atoms with van der Waals surface area (Å²) < 4.78 is 0. The monoisotopic (exact) mass is 239 g/mol. The molecule has 0 saturated heterocycles. The minimum Gasteiger partial charge on any atom is -0.387 e. The number of benzene rings is 2. The van der Waals surface area contributed by atoms with Gasteiger partial charge in [0.2, 0.25) is 0 Å². The second-order valence-electron chi connectivity index (χ2n) is 4.89. The second-order valence-corrected chi connectivity index (χ2v) is 4.89. The maximum atomic E-state index is 10.4. The van der Waals surface area contributed by atoms with Gasteiger partial charge >= 0.3 is 0 Å². The predicted octanol–water partition coefficient (Wildman–Crippen LogP) is 3.81. The van der Waals surface area contributed by atoms with Gasteiger partial charge in [0.05, 0.1) is 17.6 Å². The van der Waals surface area contributed by atoms with Crippen LogP contribution in [0.1, 0.15) is 31.9 Å². The SMILES string of the molecule is CCC(C)(C#N)C(O)c1ccc2ccccc2c1. The predicted molar refractivity (Wildman–Crippen MR) is 72.9 cm³/mol. The van der Waals surface area contributed by atoms with E-state index in [-0.39, 0.29) is 0 Å². The lowest BCUT2D eigenvalue weighted by Gasteiger charge is -2.26. The van der Waals surface area contributed by atoms with Gasteiger partial charge < -0.3 is 5.11 Å². The van der Waals surface area contributed by atoms with Gasteiger partial charge in [-0.25, -0.2) is 0 Å². The topological polar surface area (TPSA) is 44.0 Å². The molecule has 2 atom stereocenters. The quantitative estimate of drug-likeness (QED) is 0.885. The molecule has 2 aromatic rings. The molecule has 0 aliphatic rings. The van der Waals surface area contributed by atoms with Crippen LogP contribution in [-0.2, 0) is 0 Å². The van der Waals surface area contributed by atoms with E-state index in [1.165, 1.54) is 0 Å². The van der Waals surface area contributed by atoms with E-state index in [0.29, 0.717) is 6.42 Å². The van der Waals surface area contributed by atoms with Crippen molar-refractivity contribution in [3.8, 4) is 6.07 Å². The molecule has 92 valence electrons. The molecule has 2 aromatic carbocycles. The zero-order valence-corrected chi connectivity index (χ0v) is 10.7. The van der Waals surface area contributed by atoms with Crippen molar-refractivity contribution in [3.63, 3.8) is 0 Å². The standard InChI is InChI=1S/C16H17NO/c1-3-16(2,11-17)15(18)14-9-8-12-6-4-5-7-13(12)10-14/h4-10,15,18H,3H2,1-2H3. The van der Waals surface area contributed by atoms with Crippen molar-refractivity contribution < 1.29 is 5.11 Å². The Balaban J connectivity index is 2.46. The molecule has 0 aliphatic heterocycles. The van der Waals surface area contributed by atoms with E-state index in [0.717, 1.165) is 16.3 Å². The molecule has 2 nitrogen and oxygen atoms in total. The fraction of sp³-hybridized carbons (Fsp3) is 0.312. The normalized spacial score (nSPS) is 15.9. The largest absolute Gasteiger partial charge is 0.387 e.